The fourth-order valence-corrected chi connectivity index (χ4v) is 2.12. The molecule has 0 aliphatic heterocycles. The van der Waals surface area contributed by atoms with Gasteiger partial charge in [-0.15, -0.1) is 0 Å². The van der Waals surface area contributed by atoms with Crippen LogP contribution in [0.25, 0.3) is 0 Å². The summed E-state index contributed by atoms with van der Waals surface area (Å²) >= 11 is 11.8. The van der Waals surface area contributed by atoms with Gasteiger partial charge in [0, 0.05) is 25.4 Å². The predicted molar refractivity (Wildman–Crippen MR) is 91.5 cm³/mol. The van der Waals surface area contributed by atoms with Gasteiger partial charge < -0.3 is 15.4 Å². The lowest BCUT2D eigenvalue weighted by atomic mass is 10.3. The number of ether oxygens (including phenoxy) is 1. The van der Waals surface area contributed by atoms with E-state index in [1.807, 2.05) is 0 Å². The molecule has 1 amide bonds. The summed E-state index contributed by atoms with van der Waals surface area (Å²) in [6.45, 7) is 2.84. The Morgan fingerprint density at radius 2 is 2.00 bits per heavy atom. The summed E-state index contributed by atoms with van der Waals surface area (Å²) in [5.41, 5.74) is 0.790. The van der Waals surface area contributed by atoms with Crippen LogP contribution in [0.15, 0.2) is 24.3 Å². The number of hydrogen-bond donors (Lipinski definition) is 2. The van der Waals surface area contributed by atoms with Crippen molar-refractivity contribution in [3.05, 3.63) is 45.8 Å². The molecule has 1 heterocycles. The highest BCUT2D eigenvalue weighted by Crippen LogP contribution is 2.25. The number of aromatic nitrogens is 2. The molecule has 0 bridgehead atoms. The quantitative estimate of drug-likeness (QED) is 0.777. The molecule has 122 valence electrons. The van der Waals surface area contributed by atoms with Gasteiger partial charge in [0.2, 0.25) is 0 Å². The zero-order valence-electron chi connectivity index (χ0n) is 12.7. The van der Waals surface area contributed by atoms with Crippen LogP contribution in [-0.4, -0.2) is 36.1 Å². The Morgan fingerprint density at radius 3 is 2.70 bits per heavy atom. The van der Waals surface area contributed by atoms with Gasteiger partial charge in [-0.3, -0.25) is 4.79 Å². The third-order valence-corrected chi connectivity index (χ3v) is 3.60. The van der Waals surface area contributed by atoms with Crippen molar-refractivity contribution in [2.75, 3.05) is 30.9 Å². The molecule has 6 nitrogen and oxygen atoms in total. The number of rotatable bonds is 6. The largest absolute Gasteiger partial charge is 0.383 e. The van der Waals surface area contributed by atoms with Gasteiger partial charge in [0.1, 0.15) is 17.3 Å². The van der Waals surface area contributed by atoms with Gasteiger partial charge in [-0.1, -0.05) is 23.2 Å². The highest BCUT2D eigenvalue weighted by molar-refractivity contribution is 6.42. The molecular weight excluding hydrogens is 339 g/mol. The Kier molecular flexibility index (Phi) is 6.15. The summed E-state index contributed by atoms with van der Waals surface area (Å²) in [5, 5.41) is 6.58. The molecule has 0 saturated heterocycles. The minimum atomic E-state index is -0.358. The number of anilines is 2. The molecule has 0 saturated carbocycles. The molecule has 0 unspecified atom stereocenters. The number of benzene rings is 1. The van der Waals surface area contributed by atoms with E-state index >= 15 is 0 Å². The van der Waals surface area contributed by atoms with Crippen LogP contribution in [0, 0.1) is 6.92 Å². The van der Waals surface area contributed by atoms with Crippen molar-refractivity contribution in [1.82, 2.24) is 9.97 Å². The van der Waals surface area contributed by atoms with Crippen molar-refractivity contribution < 1.29 is 9.53 Å². The van der Waals surface area contributed by atoms with Crippen LogP contribution in [0.5, 0.6) is 0 Å². The zero-order valence-corrected chi connectivity index (χ0v) is 14.2. The number of nitrogens with zero attached hydrogens (tertiary/aromatic N) is 2. The van der Waals surface area contributed by atoms with Gasteiger partial charge >= 0.3 is 0 Å². The van der Waals surface area contributed by atoms with Crippen LogP contribution < -0.4 is 10.6 Å². The molecule has 2 aromatic rings. The van der Waals surface area contributed by atoms with Crippen LogP contribution in [0.2, 0.25) is 10.0 Å². The number of carbonyl (C=O) groups excluding carboxylic acids is 1. The van der Waals surface area contributed by atoms with E-state index in [4.69, 9.17) is 27.9 Å². The highest BCUT2D eigenvalue weighted by Gasteiger charge is 2.11. The molecule has 0 radical (unpaired) electrons. The first-order valence-electron chi connectivity index (χ1n) is 6.84. The van der Waals surface area contributed by atoms with Crippen molar-refractivity contribution in [1.29, 1.82) is 0 Å². The third kappa shape index (κ3) is 5.06. The predicted octanol–water partition coefficient (Wildman–Crippen LogP) is 3.40. The van der Waals surface area contributed by atoms with Crippen molar-refractivity contribution in [3.63, 3.8) is 0 Å². The summed E-state index contributed by atoms with van der Waals surface area (Å²) in [6.07, 6.45) is 0. The number of nitrogens with one attached hydrogen (secondary N) is 2. The van der Waals surface area contributed by atoms with Crippen LogP contribution >= 0.6 is 23.2 Å². The Hall–Kier alpha value is -1.89. The van der Waals surface area contributed by atoms with E-state index in [1.165, 1.54) is 0 Å². The van der Waals surface area contributed by atoms with E-state index in [1.54, 1.807) is 38.3 Å². The average molecular weight is 355 g/mol. The number of carbonyl (C=O) groups is 1. The monoisotopic (exact) mass is 354 g/mol. The normalized spacial score (nSPS) is 10.4. The first kappa shape index (κ1) is 17.5. The fraction of sp³-hybridized carbons (Fsp3) is 0.267. The summed E-state index contributed by atoms with van der Waals surface area (Å²) in [4.78, 5) is 20.7. The Labute approximate surface area is 144 Å². The molecule has 23 heavy (non-hydrogen) atoms. The molecule has 2 rings (SSSR count). The Balaban J connectivity index is 2.13. The number of halogens is 2. The Bertz CT molecular complexity index is 710. The molecule has 1 aromatic heterocycles. The second-order valence-electron chi connectivity index (χ2n) is 4.69. The van der Waals surface area contributed by atoms with Crippen LogP contribution in [0.3, 0.4) is 0 Å². The smallest absolute Gasteiger partial charge is 0.274 e. The number of hydrogen-bond acceptors (Lipinski definition) is 5. The van der Waals surface area contributed by atoms with E-state index in [9.17, 15) is 4.79 Å². The van der Waals surface area contributed by atoms with Crippen molar-refractivity contribution in [2.24, 2.45) is 0 Å². The fourth-order valence-electron chi connectivity index (χ4n) is 1.82. The zero-order chi connectivity index (χ0) is 16.8. The Morgan fingerprint density at radius 1 is 1.22 bits per heavy atom. The summed E-state index contributed by atoms with van der Waals surface area (Å²) < 4.78 is 4.96. The third-order valence-electron chi connectivity index (χ3n) is 2.86. The molecule has 2 N–H and O–H groups in total. The second kappa shape index (κ2) is 8.10. The SMILES string of the molecule is COCCNc1cc(C(=O)Nc2ccc(Cl)c(Cl)c2)nc(C)n1. The van der Waals surface area contributed by atoms with E-state index in [-0.39, 0.29) is 11.6 Å². The second-order valence-corrected chi connectivity index (χ2v) is 5.50. The molecule has 0 aliphatic carbocycles. The molecule has 0 atom stereocenters. The summed E-state index contributed by atoms with van der Waals surface area (Å²) in [6, 6.07) is 6.43. The van der Waals surface area contributed by atoms with Crippen LogP contribution in [-0.2, 0) is 4.74 Å². The lowest BCUT2D eigenvalue weighted by Crippen LogP contribution is -2.16. The molecule has 0 spiro atoms. The standard InChI is InChI=1S/C15H16Cl2N4O2/c1-9-19-13(8-14(20-9)18-5-6-23-2)15(22)21-10-3-4-11(16)12(17)7-10/h3-4,7-8H,5-6H2,1-2H3,(H,21,22)(H,18,19,20). The number of methoxy groups -OCH3 is 1. The van der Waals surface area contributed by atoms with Crippen LogP contribution in [0.4, 0.5) is 11.5 Å². The summed E-state index contributed by atoms with van der Waals surface area (Å²) in [5.74, 6) is 0.698. The van der Waals surface area contributed by atoms with Gasteiger partial charge in [0.25, 0.3) is 5.91 Å². The van der Waals surface area contributed by atoms with E-state index in [0.717, 1.165) is 0 Å². The highest BCUT2D eigenvalue weighted by atomic mass is 35.5. The maximum Gasteiger partial charge on any atom is 0.274 e. The minimum absolute atomic E-state index is 0.253. The van der Waals surface area contributed by atoms with Gasteiger partial charge in [-0.2, -0.15) is 0 Å². The van der Waals surface area contributed by atoms with Crippen molar-refractivity contribution >= 4 is 40.6 Å². The average Bonchev–Trinajstić information content (AvgIpc) is 2.51. The van der Waals surface area contributed by atoms with E-state index in [0.29, 0.717) is 40.5 Å². The van der Waals surface area contributed by atoms with Gasteiger partial charge in [0.05, 0.1) is 16.7 Å². The summed E-state index contributed by atoms with van der Waals surface area (Å²) in [7, 11) is 1.61. The lowest BCUT2D eigenvalue weighted by Gasteiger charge is -2.09. The maximum atomic E-state index is 12.3. The maximum absolute atomic E-state index is 12.3. The van der Waals surface area contributed by atoms with Crippen molar-refractivity contribution in [3.8, 4) is 0 Å². The molecule has 0 aliphatic rings. The first-order chi connectivity index (χ1) is 11.0. The molecule has 0 fully saturated rings. The lowest BCUT2D eigenvalue weighted by molar-refractivity contribution is 0.102. The minimum Gasteiger partial charge on any atom is -0.383 e. The molecule has 8 heteroatoms. The molecular formula is C15H16Cl2N4O2. The van der Waals surface area contributed by atoms with Gasteiger partial charge in [0.15, 0.2) is 0 Å². The number of aryl methyl sites for hydroxylation is 1. The topological polar surface area (TPSA) is 76.1 Å². The van der Waals surface area contributed by atoms with E-state index < -0.39 is 0 Å². The van der Waals surface area contributed by atoms with Crippen LogP contribution in [0.1, 0.15) is 16.3 Å². The number of amides is 1. The van der Waals surface area contributed by atoms with Crippen molar-refractivity contribution in [2.45, 2.75) is 6.92 Å². The van der Waals surface area contributed by atoms with E-state index in [2.05, 4.69) is 20.6 Å². The van der Waals surface area contributed by atoms with Gasteiger partial charge in [-0.05, 0) is 25.1 Å². The first-order valence-corrected chi connectivity index (χ1v) is 7.60. The molecule has 1 aromatic carbocycles. The van der Waals surface area contributed by atoms with Gasteiger partial charge in [-0.25, -0.2) is 9.97 Å².